The first-order chi connectivity index (χ1) is 4.50. The summed E-state index contributed by atoms with van der Waals surface area (Å²) in [5.41, 5.74) is 0. The van der Waals surface area contributed by atoms with Gasteiger partial charge in [0, 0.05) is 0 Å². The van der Waals surface area contributed by atoms with Crippen LogP contribution in [-0.2, 0) is 0 Å². The molecule has 1 rings (SSSR count). The van der Waals surface area contributed by atoms with Crippen molar-refractivity contribution in [2.24, 2.45) is 0 Å². The number of hydrogen-bond acceptors (Lipinski definition) is 0. The molecule has 0 aromatic rings. The summed E-state index contributed by atoms with van der Waals surface area (Å²) < 4.78 is 0. The second-order valence-electron chi connectivity index (χ2n) is 2.14. The highest BCUT2D eigenvalue weighted by molar-refractivity contribution is 5.06. The van der Waals surface area contributed by atoms with Crippen LogP contribution in [0.3, 0.4) is 0 Å². The number of rotatable bonds is 0. The van der Waals surface area contributed by atoms with Gasteiger partial charge in [-0.15, -0.1) is 0 Å². The fraction of sp³-hybridized carbons (Fsp3) is 0.333. The highest BCUT2D eigenvalue weighted by atomic mass is 13.8. The molecular formula is C9H12. The van der Waals surface area contributed by atoms with Crippen molar-refractivity contribution in [3.63, 3.8) is 0 Å². The van der Waals surface area contributed by atoms with Crippen molar-refractivity contribution >= 4 is 0 Å². The van der Waals surface area contributed by atoms with Crippen LogP contribution in [0, 0.1) is 0 Å². The molecule has 0 N–H and O–H groups in total. The molecule has 9 heavy (non-hydrogen) atoms. The van der Waals surface area contributed by atoms with E-state index < -0.39 is 0 Å². The van der Waals surface area contributed by atoms with Gasteiger partial charge in [-0.2, -0.15) is 0 Å². The molecule has 0 amide bonds. The van der Waals surface area contributed by atoms with E-state index in [0.29, 0.717) is 0 Å². The van der Waals surface area contributed by atoms with Crippen LogP contribution in [0.25, 0.3) is 0 Å². The summed E-state index contributed by atoms with van der Waals surface area (Å²) in [6.45, 7) is 0. The highest BCUT2D eigenvalue weighted by Gasteiger charge is 1.77. The Morgan fingerprint density at radius 2 is 1.44 bits per heavy atom. The lowest BCUT2D eigenvalue weighted by molar-refractivity contribution is 1.05. The minimum atomic E-state index is 1.09. The Balaban J connectivity index is 2.43. The van der Waals surface area contributed by atoms with Crippen LogP contribution in [0.1, 0.15) is 19.3 Å². The van der Waals surface area contributed by atoms with Crippen molar-refractivity contribution in [2.75, 3.05) is 0 Å². The Kier molecular flexibility index (Phi) is 2.91. The van der Waals surface area contributed by atoms with Gasteiger partial charge in [0.05, 0.1) is 0 Å². The summed E-state index contributed by atoms with van der Waals surface area (Å²) in [5, 5.41) is 0. The van der Waals surface area contributed by atoms with Gasteiger partial charge >= 0.3 is 0 Å². The zero-order valence-corrected chi connectivity index (χ0v) is 5.59. The maximum absolute atomic E-state index is 2.24. The van der Waals surface area contributed by atoms with Crippen molar-refractivity contribution in [3.05, 3.63) is 36.5 Å². The molecule has 0 heteroatoms. The van der Waals surface area contributed by atoms with E-state index in [9.17, 15) is 0 Å². The molecule has 0 spiro atoms. The van der Waals surface area contributed by atoms with Gasteiger partial charge in [-0.1, -0.05) is 36.5 Å². The third-order valence-electron chi connectivity index (χ3n) is 1.32. The lowest BCUT2D eigenvalue weighted by Crippen LogP contribution is -1.61. The standard InChI is InChI=1S/C9H12/c1-2-4-6-8-9-7-5-3-1/h1-4,7,9H,5-6,8H2/b3-1-,4-2-,9-7-. The fourth-order valence-corrected chi connectivity index (χ4v) is 0.817. The average Bonchev–Trinajstić information content (AvgIpc) is 2.00. The van der Waals surface area contributed by atoms with Gasteiger partial charge < -0.3 is 0 Å². The second kappa shape index (κ2) is 4.13. The third-order valence-corrected chi connectivity index (χ3v) is 1.32. The summed E-state index contributed by atoms with van der Waals surface area (Å²) in [4.78, 5) is 0. The topological polar surface area (TPSA) is 0 Å². The monoisotopic (exact) mass is 120 g/mol. The maximum atomic E-state index is 2.24. The van der Waals surface area contributed by atoms with E-state index in [1.54, 1.807) is 0 Å². The van der Waals surface area contributed by atoms with Crippen molar-refractivity contribution in [1.29, 1.82) is 0 Å². The Bertz CT molecular complexity index is 138. The molecule has 0 atom stereocenters. The smallest absolute Gasteiger partial charge is 0.0166 e. The quantitative estimate of drug-likeness (QED) is 0.431. The zero-order valence-electron chi connectivity index (χ0n) is 5.59. The Morgan fingerprint density at radius 3 is 2.44 bits per heavy atom. The molecule has 0 unspecified atom stereocenters. The van der Waals surface area contributed by atoms with Gasteiger partial charge in [0.15, 0.2) is 0 Å². The summed E-state index contributed by atoms with van der Waals surface area (Å²) >= 11 is 0. The molecule has 0 aromatic carbocycles. The average molecular weight is 120 g/mol. The predicted octanol–water partition coefficient (Wildman–Crippen LogP) is 2.84. The molecule has 1 aliphatic rings. The molecule has 0 heterocycles. The van der Waals surface area contributed by atoms with Crippen LogP contribution in [0.5, 0.6) is 0 Å². The normalized spacial score (nSPS) is 29.3. The van der Waals surface area contributed by atoms with Crippen LogP contribution in [-0.4, -0.2) is 0 Å². The van der Waals surface area contributed by atoms with Crippen molar-refractivity contribution < 1.29 is 0 Å². The van der Waals surface area contributed by atoms with Gasteiger partial charge in [-0.3, -0.25) is 0 Å². The molecule has 0 saturated heterocycles. The third kappa shape index (κ3) is 2.91. The first-order valence-electron chi connectivity index (χ1n) is 3.47. The maximum Gasteiger partial charge on any atom is -0.0166 e. The van der Waals surface area contributed by atoms with Crippen molar-refractivity contribution in [2.45, 2.75) is 19.3 Å². The molecule has 0 aliphatic heterocycles. The van der Waals surface area contributed by atoms with Crippen molar-refractivity contribution in [3.8, 4) is 0 Å². The van der Waals surface area contributed by atoms with Gasteiger partial charge in [-0.25, -0.2) is 0 Å². The van der Waals surface area contributed by atoms with E-state index in [1.807, 2.05) is 0 Å². The molecular weight excluding hydrogens is 108 g/mol. The van der Waals surface area contributed by atoms with Crippen LogP contribution in [0.15, 0.2) is 36.5 Å². The van der Waals surface area contributed by atoms with Crippen LogP contribution < -0.4 is 0 Å². The van der Waals surface area contributed by atoms with Gasteiger partial charge in [-0.05, 0) is 19.3 Å². The van der Waals surface area contributed by atoms with E-state index >= 15 is 0 Å². The molecule has 0 aromatic heterocycles. The molecule has 1 aliphatic carbocycles. The van der Waals surface area contributed by atoms with E-state index in [0.717, 1.165) is 6.42 Å². The van der Waals surface area contributed by atoms with Gasteiger partial charge in [0.1, 0.15) is 0 Å². The summed E-state index contributed by atoms with van der Waals surface area (Å²) in [7, 11) is 0. The number of allylic oxidation sites excluding steroid dienone is 6. The first kappa shape index (κ1) is 6.34. The fourth-order valence-electron chi connectivity index (χ4n) is 0.817. The second-order valence-corrected chi connectivity index (χ2v) is 2.14. The molecule has 0 nitrogen and oxygen atoms in total. The highest BCUT2D eigenvalue weighted by Crippen LogP contribution is 1.98. The SMILES string of the molecule is C1=C\C/C=C\CC\C=C/1. The number of hydrogen-bond donors (Lipinski definition) is 0. The summed E-state index contributed by atoms with van der Waals surface area (Å²) in [5.74, 6) is 0. The van der Waals surface area contributed by atoms with Crippen LogP contribution in [0.4, 0.5) is 0 Å². The van der Waals surface area contributed by atoms with E-state index in [4.69, 9.17) is 0 Å². The predicted molar refractivity (Wildman–Crippen MR) is 41.3 cm³/mol. The molecule has 48 valence electrons. The van der Waals surface area contributed by atoms with E-state index in [2.05, 4.69) is 36.5 Å². The molecule has 0 fully saturated rings. The molecule has 0 radical (unpaired) electrons. The minimum absolute atomic E-state index is 1.09. The lowest BCUT2D eigenvalue weighted by Gasteiger charge is -1.81. The van der Waals surface area contributed by atoms with Gasteiger partial charge in [0.2, 0.25) is 0 Å². The largest absolute Gasteiger partial charge is 0.0879 e. The Labute approximate surface area is 56.6 Å². The summed E-state index contributed by atoms with van der Waals surface area (Å²) in [6, 6.07) is 0. The Morgan fingerprint density at radius 1 is 0.667 bits per heavy atom. The van der Waals surface area contributed by atoms with E-state index in [1.165, 1.54) is 12.8 Å². The van der Waals surface area contributed by atoms with E-state index in [-0.39, 0.29) is 0 Å². The Hall–Kier alpha value is -0.780. The first-order valence-corrected chi connectivity index (χ1v) is 3.47. The van der Waals surface area contributed by atoms with Gasteiger partial charge in [0.25, 0.3) is 0 Å². The van der Waals surface area contributed by atoms with Crippen LogP contribution >= 0.6 is 0 Å². The molecule has 0 bridgehead atoms. The zero-order chi connectivity index (χ0) is 6.36. The van der Waals surface area contributed by atoms with Crippen molar-refractivity contribution in [1.82, 2.24) is 0 Å². The summed E-state index contributed by atoms with van der Waals surface area (Å²) in [6.07, 6.45) is 16.5. The lowest BCUT2D eigenvalue weighted by atomic mass is 10.3. The minimum Gasteiger partial charge on any atom is -0.0879 e. The van der Waals surface area contributed by atoms with Crippen LogP contribution in [0.2, 0.25) is 0 Å². The molecule has 0 saturated carbocycles.